The van der Waals surface area contributed by atoms with E-state index in [2.05, 4.69) is 5.32 Å². The van der Waals surface area contributed by atoms with Crippen LogP contribution in [-0.2, 0) is 5.60 Å². The van der Waals surface area contributed by atoms with Gasteiger partial charge in [-0.15, -0.1) is 0 Å². The van der Waals surface area contributed by atoms with E-state index in [0.717, 1.165) is 0 Å². The topological polar surface area (TPSA) is 49.3 Å². The largest absolute Gasteiger partial charge is 0.384 e. The number of carbonyl (C=O) groups is 1. The maximum absolute atomic E-state index is 13.5. The molecule has 0 radical (unpaired) electrons. The van der Waals surface area contributed by atoms with Crippen molar-refractivity contribution in [3.8, 4) is 0 Å². The molecule has 2 aromatic carbocycles. The maximum atomic E-state index is 13.5. The molecule has 0 saturated heterocycles. The molecule has 2 rings (SSSR count). The Balaban J connectivity index is 2.06. The Morgan fingerprint density at radius 3 is 2.38 bits per heavy atom. The third kappa shape index (κ3) is 3.64. The van der Waals surface area contributed by atoms with Crippen LogP contribution in [0.25, 0.3) is 0 Å². The van der Waals surface area contributed by atoms with E-state index in [0.29, 0.717) is 5.56 Å². The van der Waals surface area contributed by atoms with E-state index >= 15 is 0 Å². The van der Waals surface area contributed by atoms with E-state index in [1.54, 1.807) is 6.07 Å². The Bertz CT molecular complexity index is 639. The monoisotopic (exact) mass is 291 g/mol. The lowest BCUT2D eigenvalue weighted by molar-refractivity contribution is 0.0524. The second-order valence-corrected chi connectivity index (χ2v) is 4.94. The van der Waals surface area contributed by atoms with Crippen LogP contribution in [0.4, 0.5) is 8.78 Å². The first-order valence-corrected chi connectivity index (χ1v) is 6.41. The van der Waals surface area contributed by atoms with Gasteiger partial charge in [-0.3, -0.25) is 4.79 Å². The van der Waals surface area contributed by atoms with Crippen molar-refractivity contribution in [3.63, 3.8) is 0 Å². The predicted molar refractivity (Wildman–Crippen MR) is 74.7 cm³/mol. The summed E-state index contributed by atoms with van der Waals surface area (Å²) in [5.41, 5.74) is -1.01. The summed E-state index contributed by atoms with van der Waals surface area (Å²) in [6.45, 7) is 1.37. The van der Waals surface area contributed by atoms with Crippen molar-refractivity contribution in [2.75, 3.05) is 6.54 Å². The lowest BCUT2D eigenvalue weighted by atomic mass is 9.96. The second-order valence-electron chi connectivity index (χ2n) is 4.94. The van der Waals surface area contributed by atoms with Gasteiger partial charge in [0.2, 0.25) is 0 Å². The van der Waals surface area contributed by atoms with Gasteiger partial charge in [-0.05, 0) is 36.8 Å². The smallest absolute Gasteiger partial charge is 0.254 e. The van der Waals surface area contributed by atoms with Crippen LogP contribution in [0.2, 0.25) is 0 Å². The summed E-state index contributed by atoms with van der Waals surface area (Å²) in [6.07, 6.45) is 0. The zero-order chi connectivity index (χ0) is 15.5. The van der Waals surface area contributed by atoms with Gasteiger partial charge in [0.05, 0.1) is 12.1 Å². The minimum absolute atomic E-state index is 0.0904. The Labute approximate surface area is 121 Å². The molecule has 3 nitrogen and oxygen atoms in total. The zero-order valence-corrected chi connectivity index (χ0v) is 11.4. The van der Waals surface area contributed by atoms with E-state index in [1.807, 2.05) is 0 Å². The molecule has 21 heavy (non-hydrogen) atoms. The van der Waals surface area contributed by atoms with Gasteiger partial charge in [0, 0.05) is 0 Å². The highest BCUT2D eigenvalue weighted by Gasteiger charge is 2.24. The van der Waals surface area contributed by atoms with Crippen molar-refractivity contribution >= 4 is 5.91 Å². The minimum atomic E-state index is -1.38. The van der Waals surface area contributed by atoms with Crippen molar-refractivity contribution < 1.29 is 18.7 Å². The molecule has 0 aliphatic heterocycles. The third-order valence-electron chi connectivity index (χ3n) is 3.18. The van der Waals surface area contributed by atoms with E-state index in [-0.39, 0.29) is 12.1 Å². The van der Waals surface area contributed by atoms with Crippen molar-refractivity contribution in [3.05, 3.63) is 71.3 Å². The molecule has 1 unspecified atom stereocenters. The molecule has 1 atom stereocenters. The average Bonchev–Trinajstić information content (AvgIpc) is 2.46. The van der Waals surface area contributed by atoms with Gasteiger partial charge in [0.25, 0.3) is 5.91 Å². The van der Waals surface area contributed by atoms with Gasteiger partial charge in [-0.1, -0.05) is 24.3 Å². The zero-order valence-electron chi connectivity index (χ0n) is 11.4. The number of nitrogens with one attached hydrogen (secondary N) is 1. The Kier molecular flexibility index (Phi) is 4.33. The molecule has 2 N–H and O–H groups in total. The fourth-order valence-corrected chi connectivity index (χ4v) is 1.90. The molecule has 110 valence electrons. The number of aliphatic hydroxyl groups is 1. The van der Waals surface area contributed by atoms with Crippen LogP contribution in [0.15, 0.2) is 48.5 Å². The van der Waals surface area contributed by atoms with Crippen LogP contribution in [0.3, 0.4) is 0 Å². The van der Waals surface area contributed by atoms with Crippen LogP contribution in [-0.4, -0.2) is 17.6 Å². The molecule has 0 fully saturated rings. The van der Waals surface area contributed by atoms with Gasteiger partial charge in [-0.2, -0.15) is 0 Å². The molecule has 0 spiro atoms. The van der Waals surface area contributed by atoms with Gasteiger partial charge in [-0.25, -0.2) is 8.78 Å². The van der Waals surface area contributed by atoms with Crippen molar-refractivity contribution in [1.29, 1.82) is 0 Å². The number of halogens is 2. The Morgan fingerprint density at radius 2 is 1.76 bits per heavy atom. The van der Waals surface area contributed by atoms with E-state index in [4.69, 9.17) is 0 Å². The van der Waals surface area contributed by atoms with E-state index in [1.165, 1.54) is 49.4 Å². The third-order valence-corrected chi connectivity index (χ3v) is 3.18. The number of rotatable bonds is 4. The summed E-state index contributed by atoms with van der Waals surface area (Å²) in [4.78, 5) is 11.9. The standard InChI is InChI=1S/C16H15F2NO2/c1-16(21,11-6-8-12(17)9-7-11)10-19-15(20)13-4-2-3-5-14(13)18/h2-9,21H,10H2,1H3,(H,19,20). The number of carbonyl (C=O) groups excluding carboxylic acids is 1. The predicted octanol–water partition coefficient (Wildman–Crippen LogP) is 2.60. The summed E-state index contributed by atoms with van der Waals surface area (Å²) in [5, 5.41) is 12.8. The molecule has 2 aromatic rings. The molecular formula is C16H15F2NO2. The van der Waals surface area contributed by atoms with E-state index in [9.17, 15) is 18.7 Å². The van der Waals surface area contributed by atoms with Crippen molar-refractivity contribution in [1.82, 2.24) is 5.32 Å². The van der Waals surface area contributed by atoms with Crippen LogP contribution in [0, 0.1) is 11.6 Å². The summed E-state index contributed by atoms with van der Waals surface area (Å²) in [6, 6.07) is 10.9. The first-order chi connectivity index (χ1) is 9.90. The second kappa shape index (κ2) is 6.01. The van der Waals surface area contributed by atoms with Gasteiger partial charge < -0.3 is 10.4 Å². The molecule has 1 amide bonds. The van der Waals surface area contributed by atoms with Crippen LogP contribution in [0.5, 0.6) is 0 Å². The number of amides is 1. The van der Waals surface area contributed by atoms with Crippen LogP contribution < -0.4 is 5.32 Å². The summed E-state index contributed by atoms with van der Waals surface area (Å²) >= 11 is 0. The Hall–Kier alpha value is -2.27. The van der Waals surface area contributed by atoms with Crippen molar-refractivity contribution in [2.45, 2.75) is 12.5 Å². The Morgan fingerprint density at radius 1 is 1.14 bits per heavy atom. The van der Waals surface area contributed by atoms with Gasteiger partial charge >= 0.3 is 0 Å². The van der Waals surface area contributed by atoms with Gasteiger partial charge in [0.15, 0.2) is 0 Å². The number of benzene rings is 2. The maximum Gasteiger partial charge on any atom is 0.254 e. The quantitative estimate of drug-likeness (QED) is 0.909. The summed E-state index contributed by atoms with van der Waals surface area (Å²) < 4.78 is 26.3. The van der Waals surface area contributed by atoms with Crippen LogP contribution in [0.1, 0.15) is 22.8 Å². The lowest BCUT2D eigenvalue weighted by Gasteiger charge is -2.24. The number of hydrogen-bond acceptors (Lipinski definition) is 2. The van der Waals surface area contributed by atoms with Gasteiger partial charge in [0.1, 0.15) is 17.2 Å². The summed E-state index contributed by atoms with van der Waals surface area (Å²) in [5.74, 6) is -1.66. The summed E-state index contributed by atoms with van der Waals surface area (Å²) in [7, 11) is 0. The molecule has 0 heterocycles. The first kappa shape index (κ1) is 15.1. The SMILES string of the molecule is CC(O)(CNC(=O)c1ccccc1F)c1ccc(F)cc1. The average molecular weight is 291 g/mol. The molecule has 0 aromatic heterocycles. The molecule has 0 aliphatic carbocycles. The highest BCUT2D eigenvalue weighted by Crippen LogP contribution is 2.20. The molecule has 0 bridgehead atoms. The molecule has 5 heteroatoms. The fourth-order valence-electron chi connectivity index (χ4n) is 1.90. The molecular weight excluding hydrogens is 276 g/mol. The minimum Gasteiger partial charge on any atom is -0.384 e. The fraction of sp³-hybridized carbons (Fsp3) is 0.188. The molecule has 0 saturated carbocycles. The van der Waals surface area contributed by atoms with Crippen molar-refractivity contribution in [2.24, 2.45) is 0 Å². The van der Waals surface area contributed by atoms with Crippen LogP contribution >= 0.6 is 0 Å². The lowest BCUT2D eigenvalue weighted by Crippen LogP contribution is -2.38. The highest BCUT2D eigenvalue weighted by molar-refractivity contribution is 5.94. The first-order valence-electron chi connectivity index (χ1n) is 6.41. The highest BCUT2D eigenvalue weighted by atomic mass is 19.1. The molecule has 0 aliphatic rings. The van der Waals surface area contributed by atoms with E-state index < -0.39 is 23.1 Å². The normalized spacial score (nSPS) is 13.5. The number of hydrogen-bond donors (Lipinski definition) is 2.